The lowest BCUT2D eigenvalue weighted by Crippen LogP contribution is -2.26. The number of halogens is 1. The number of carbonyl (C=O) groups excluding carboxylic acids is 1. The Labute approximate surface area is 116 Å². The van der Waals surface area contributed by atoms with Gasteiger partial charge in [0.15, 0.2) is 0 Å². The molecular formula is C14H19BrN2O. The van der Waals surface area contributed by atoms with Crippen molar-refractivity contribution in [3.63, 3.8) is 0 Å². The molecule has 0 spiro atoms. The van der Waals surface area contributed by atoms with Crippen molar-refractivity contribution in [1.82, 2.24) is 5.32 Å². The molecule has 1 aromatic carbocycles. The maximum atomic E-state index is 12.0. The molecule has 2 rings (SSSR count). The Kier molecular flexibility index (Phi) is 4.64. The Morgan fingerprint density at radius 2 is 2.11 bits per heavy atom. The second kappa shape index (κ2) is 6.23. The van der Waals surface area contributed by atoms with E-state index >= 15 is 0 Å². The summed E-state index contributed by atoms with van der Waals surface area (Å²) in [4.78, 5) is 12.0. The van der Waals surface area contributed by atoms with E-state index in [2.05, 4.69) is 21.2 Å². The van der Waals surface area contributed by atoms with Gasteiger partial charge >= 0.3 is 0 Å². The lowest BCUT2D eigenvalue weighted by molar-refractivity contribution is 0.0952. The third kappa shape index (κ3) is 3.48. The summed E-state index contributed by atoms with van der Waals surface area (Å²) in [5.41, 5.74) is 6.88. The van der Waals surface area contributed by atoms with E-state index in [4.69, 9.17) is 5.73 Å². The standard InChI is InChI=1S/C14H19BrN2O/c15-11-5-6-13(16)12(9-11)14(18)17-8-7-10-3-1-2-4-10/h5-6,9-10H,1-4,7-8,16H2,(H,17,18). The van der Waals surface area contributed by atoms with Crippen LogP contribution in [0.25, 0.3) is 0 Å². The molecule has 98 valence electrons. The molecule has 1 fully saturated rings. The molecule has 0 bridgehead atoms. The smallest absolute Gasteiger partial charge is 0.253 e. The van der Waals surface area contributed by atoms with Crippen LogP contribution >= 0.6 is 15.9 Å². The summed E-state index contributed by atoms with van der Waals surface area (Å²) in [6.07, 6.45) is 6.40. The number of nitrogen functional groups attached to an aromatic ring is 1. The third-order valence-electron chi connectivity index (χ3n) is 3.57. The summed E-state index contributed by atoms with van der Waals surface area (Å²) < 4.78 is 0.873. The quantitative estimate of drug-likeness (QED) is 0.838. The van der Waals surface area contributed by atoms with E-state index in [0.717, 1.165) is 23.4 Å². The van der Waals surface area contributed by atoms with Crippen LogP contribution in [0.1, 0.15) is 42.5 Å². The first-order valence-corrected chi connectivity index (χ1v) is 7.29. The molecule has 3 nitrogen and oxygen atoms in total. The molecule has 1 aliphatic rings. The van der Waals surface area contributed by atoms with Gasteiger partial charge in [0.1, 0.15) is 0 Å². The maximum absolute atomic E-state index is 12.0. The number of anilines is 1. The normalized spacial score (nSPS) is 15.8. The van der Waals surface area contributed by atoms with E-state index in [-0.39, 0.29) is 5.91 Å². The highest BCUT2D eigenvalue weighted by atomic mass is 79.9. The second-order valence-electron chi connectivity index (χ2n) is 4.93. The van der Waals surface area contributed by atoms with Gasteiger partial charge in [0.25, 0.3) is 5.91 Å². The molecule has 18 heavy (non-hydrogen) atoms. The molecule has 3 N–H and O–H groups in total. The van der Waals surface area contributed by atoms with Crippen molar-refractivity contribution in [2.45, 2.75) is 32.1 Å². The number of hydrogen-bond acceptors (Lipinski definition) is 2. The van der Waals surface area contributed by atoms with Crippen LogP contribution in [-0.2, 0) is 0 Å². The van der Waals surface area contributed by atoms with E-state index in [9.17, 15) is 4.79 Å². The SMILES string of the molecule is Nc1ccc(Br)cc1C(=O)NCCC1CCCC1. The first kappa shape index (κ1) is 13.4. The minimum Gasteiger partial charge on any atom is -0.398 e. The summed E-state index contributed by atoms with van der Waals surface area (Å²) in [6, 6.07) is 5.35. The maximum Gasteiger partial charge on any atom is 0.253 e. The zero-order chi connectivity index (χ0) is 13.0. The average Bonchev–Trinajstić information content (AvgIpc) is 2.85. The zero-order valence-electron chi connectivity index (χ0n) is 10.4. The van der Waals surface area contributed by atoms with E-state index in [0.29, 0.717) is 11.3 Å². The minimum atomic E-state index is -0.0770. The lowest BCUT2D eigenvalue weighted by Gasteiger charge is -2.11. The first-order valence-electron chi connectivity index (χ1n) is 6.50. The summed E-state index contributed by atoms with van der Waals surface area (Å²) in [5, 5.41) is 2.95. The average molecular weight is 311 g/mol. The molecule has 0 unspecified atom stereocenters. The highest BCUT2D eigenvalue weighted by Gasteiger charge is 2.15. The molecule has 0 saturated heterocycles. The predicted molar refractivity (Wildman–Crippen MR) is 77.5 cm³/mol. The molecular weight excluding hydrogens is 292 g/mol. The van der Waals surface area contributed by atoms with Crippen LogP contribution in [0.2, 0.25) is 0 Å². The zero-order valence-corrected chi connectivity index (χ0v) is 12.0. The van der Waals surface area contributed by atoms with Crippen LogP contribution in [-0.4, -0.2) is 12.5 Å². The van der Waals surface area contributed by atoms with Gasteiger partial charge < -0.3 is 11.1 Å². The lowest BCUT2D eigenvalue weighted by atomic mass is 10.0. The fourth-order valence-electron chi connectivity index (χ4n) is 2.51. The highest BCUT2D eigenvalue weighted by molar-refractivity contribution is 9.10. The number of carbonyl (C=O) groups is 1. The van der Waals surface area contributed by atoms with Gasteiger partial charge in [-0.05, 0) is 30.5 Å². The molecule has 0 atom stereocenters. The third-order valence-corrected chi connectivity index (χ3v) is 4.07. The number of nitrogens with two attached hydrogens (primary N) is 1. The monoisotopic (exact) mass is 310 g/mol. The van der Waals surface area contributed by atoms with Crippen molar-refractivity contribution in [1.29, 1.82) is 0 Å². The van der Waals surface area contributed by atoms with Gasteiger partial charge in [0.2, 0.25) is 0 Å². The first-order chi connectivity index (χ1) is 8.66. The Hall–Kier alpha value is -1.03. The number of nitrogens with one attached hydrogen (secondary N) is 1. The fraction of sp³-hybridized carbons (Fsp3) is 0.500. The molecule has 1 aliphatic carbocycles. The van der Waals surface area contributed by atoms with Gasteiger partial charge in [-0.3, -0.25) is 4.79 Å². The molecule has 0 heterocycles. The molecule has 1 aromatic rings. The van der Waals surface area contributed by atoms with Gasteiger partial charge in [-0.15, -0.1) is 0 Å². The Morgan fingerprint density at radius 3 is 2.83 bits per heavy atom. The van der Waals surface area contributed by atoms with Crippen molar-refractivity contribution in [3.05, 3.63) is 28.2 Å². The number of benzene rings is 1. The van der Waals surface area contributed by atoms with Crippen LogP contribution in [0.4, 0.5) is 5.69 Å². The summed E-state index contributed by atoms with van der Waals surface area (Å²) in [6.45, 7) is 0.745. The molecule has 1 saturated carbocycles. The van der Waals surface area contributed by atoms with E-state index < -0.39 is 0 Å². The Bertz CT molecular complexity index is 428. The highest BCUT2D eigenvalue weighted by Crippen LogP contribution is 2.27. The van der Waals surface area contributed by atoms with Crippen LogP contribution in [0, 0.1) is 5.92 Å². The summed E-state index contributed by atoms with van der Waals surface area (Å²) in [5.74, 6) is 0.719. The van der Waals surface area contributed by atoms with Gasteiger partial charge in [0.05, 0.1) is 5.56 Å². The Morgan fingerprint density at radius 1 is 1.39 bits per heavy atom. The van der Waals surface area contributed by atoms with Gasteiger partial charge in [-0.2, -0.15) is 0 Å². The van der Waals surface area contributed by atoms with Gasteiger partial charge in [-0.25, -0.2) is 0 Å². The van der Waals surface area contributed by atoms with E-state index in [1.54, 1.807) is 12.1 Å². The molecule has 1 amide bonds. The van der Waals surface area contributed by atoms with Crippen LogP contribution < -0.4 is 11.1 Å². The summed E-state index contributed by atoms with van der Waals surface area (Å²) >= 11 is 3.35. The van der Waals surface area contributed by atoms with Gasteiger partial charge in [0, 0.05) is 16.7 Å². The summed E-state index contributed by atoms with van der Waals surface area (Å²) in [7, 11) is 0. The Balaban J connectivity index is 1.85. The largest absolute Gasteiger partial charge is 0.398 e. The van der Waals surface area contributed by atoms with Gasteiger partial charge in [-0.1, -0.05) is 41.6 Å². The van der Waals surface area contributed by atoms with E-state index in [1.807, 2.05) is 6.07 Å². The predicted octanol–water partition coefficient (Wildman–Crippen LogP) is 3.34. The molecule has 4 heteroatoms. The molecule has 0 aromatic heterocycles. The molecule has 0 radical (unpaired) electrons. The van der Waals surface area contributed by atoms with Crippen molar-refractivity contribution in [2.24, 2.45) is 5.92 Å². The topological polar surface area (TPSA) is 55.1 Å². The fourth-order valence-corrected chi connectivity index (χ4v) is 2.87. The van der Waals surface area contributed by atoms with Crippen molar-refractivity contribution in [2.75, 3.05) is 12.3 Å². The molecule has 0 aliphatic heterocycles. The number of rotatable bonds is 4. The van der Waals surface area contributed by atoms with Crippen molar-refractivity contribution in [3.8, 4) is 0 Å². The van der Waals surface area contributed by atoms with Crippen LogP contribution in [0.3, 0.4) is 0 Å². The number of amides is 1. The van der Waals surface area contributed by atoms with E-state index in [1.165, 1.54) is 25.7 Å². The van der Waals surface area contributed by atoms with Crippen molar-refractivity contribution >= 4 is 27.5 Å². The minimum absolute atomic E-state index is 0.0770. The second-order valence-corrected chi connectivity index (χ2v) is 5.84. The number of hydrogen-bond donors (Lipinski definition) is 2. The van der Waals surface area contributed by atoms with Crippen LogP contribution in [0.15, 0.2) is 22.7 Å². The van der Waals surface area contributed by atoms with Crippen molar-refractivity contribution < 1.29 is 4.79 Å². The van der Waals surface area contributed by atoms with Crippen LogP contribution in [0.5, 0.6) is 0 Å².